The summed E-state index contributed by atoms with van der Waals surface area (Å²) in [6.45, 7) is 2.03. The van der Waals surface area contributed by atoms with E-state index in [0.717, 1.165) is 9.78 Å². The molecule has 0 unspecified atom stereocenters. The number of carbonyl (C=O) groups is 1. The number of thiophene rings is 1. The second-order valence-corrected chi connectivity index (χ2v) is 6.14. The molecule has 0 aromatic carbocycles. The molecule has 0 saturated heterocycles. The Labute approximate surface area is 124 Å². The summed E-state index contributed by atoms with van der Waals surface area (Å²) in [5, 5.41) is 0. The van der Waals surface area contributed by atoms with E-state index in [1.165, 1.54) is 17.6 Å². The molecule has 2 rings (SSSR count). The molecule has 2 aromatic rings. The van der Waals surface area contributed by atoms with E-state index < -0.39 is 18.6 Å². The molecule has 0 fully saturated rings. The van der Waals surface area contributed by atoms with Crippen molar-refractivity contribution >= 4 is 17.2 Å². The molecular weight excluding hydrogens is 303 g/mol. The fourth-order valence-corrected chi connectivity index (χ4v) is 2.94. The van der Waals surface area contributed by atoms with Gasteiger partial charge in [0.1, 0.15) is 12.3 Å². The van der Waals surface area contributed by atoms with E-state index in [0.29, 0.717) is 16.2 Å². The van der Waals surface area contributed by atoms with Crippen LogP contribution in [0.3, 0.4) is 0 Å². The maximum atomic E-state index is 12.7. The molecule has 0 radical (unpaired) electrons. The van der Waals surface area contributed by atoms with Gasteiger partial charge in [-0.3, -0.25) is 4.79 Å². The van der Waals surface area contributed by atoms with Crippen LogP contribution < -0.4 is 0 Å². The molecule has 21 heavy (non-hydrogen) atoms. The predicted octanol–water partition coefficient (Wildman–Crippen LogP) is 4.16. The Morgan fingerprint density at radius 3 is 2.57 bits per heavy atom. The minimum absolute atomic E-state index is 0.209. The molecule has 114 valence electrons. The molecule has 0 atom stereocenters. The second-order valence-electron chi connectivity index (χ2n) is 4.68. The molecule has 3 nitrogen and oxygen atoms in total. The summed E-state index contributed by atoms with van der Waals surface area (Å²) in [5.41, 5.74) is 0.313. The molecule has 0 aliphatic carbocycles. The van der Waals surface area contributed by atoms with Crippen LogP contribution in [0.1, 0.15) is 25.9 Å². The minimum Gasteiger partial charge on any atom is -0.467 e. The molecule has 0 bridgehead atoms. The van der Waals surface area contributed by atoms with Crippen molar-refractivity contribution in [1.29, 1.82) is 0 Å². The Balaban J connectivity index is 2.25. The third kappa shape index (κ3) is 4.10. The first kappa shape index (κ1) is 15.6. The Hall–Kier alpha value is -1.76. The highest BCUT2D eigenvalue weighted by Gasteiger charge is 2.34. The number of hydrogen-bond donors (Lipinski definition) is 0. The third-order valence-electron chi connectivity index (χ3n) is 2.86. The molecule has 0 spiro atoms. The topological polar surface area (TPSA) is 33.5 Å². The number of aryl methyl sites for hydroxylation is 2. The zero-order chi connectivity index (χ0) is 15.6. The van der Waals surface area contributed by atoms with Crippen molar-refractivity contribution in [3.05, 3.63) is 45.5 Å². The highest BCUT2D eigenvalue weighted by molar-refractivity contribution is 7.12. The van der Waals surface area contributed by atoms with Crippen molar-refractivity contribution < 1.29 is 22.4 Å². The van der Waals surface area contributed by atoms with Gasteiger partial charge in [-0.2, -0.15) is 13.2 Å². The van der Waals surface area contributed by atoms with Gasteiger partial charge in [0.05, 0.1) is 18.4 Å². The maximum absolute atomic E-state index is 12.7. The lowest BCUT2D eigenvalue weighted by molar-refractivity contribution is -0.142. The molecule has 0 aliphatic rings. The van der Waals surface area contributed by atoms with Crippen molar-refractivity contribution in [3.63, 3.8) is 0 Å². The molecule has 0 aliphatic heterocycles. The molecule has 0 saturated carbocycles. The van der Waals surface area contributed by atoms with Gasteiger partial charge >= 0.3 is 6.18 Å². The SMILES string of the molecule is Cc1cc(C(=O)N(Cc2ccco2)CC(F)(F)F)c(C)s1. The van der Waals surface area contributed by atoms with Crippen molar-refractivity contribution in [2.75, 3.05) is 6.54 Å². The van der Waals surface area contributed by atoms with E-state index in [1.807, 2.05) is 6.92 Å². The second kappa shape index (κ2) is 5.93. The number of furan rings is 1. The summed E-state index contributed by atoms with van der Waals surface area (Å²) in [6, 6.07) is 4.74. The zero-order valence-electron chi connectivity index (χ0n) is 11.5. The summed E-state index contributed by atoms with van der Waals surface area (Å²) < 4.78 is 43.1. The minimum atomic E-state index is -4.46. The van der Waals surface area contributed by atoms with Crippen LogP contribution in [0.2, 0.25) is 0 Å². The summed E-state index contributed by atoms with van der Waals surface area (Å²) >= 11 is 1.39. The molecule has 7 heteroatoms. The Bertz CT molecular complexity index is 617. The van der Waals surface area contributed by atoms with Gasteiger partial charge in [0, 0.05) is 9.75 Å². The van der Waals surface area contributed by atoms with Gasteiger partial charge in [0.15, 0.2) is 0 Å². The zero-order valence-corrected chi connectivity index (χ0v) is 12.3. The van der Waals surface area contributed by atoms with Crippen LogP contribution in [0.4, 0.5) is 13.2 Å². The van der Waals surface area contributed by atoms with Gasteiger partial charge in [-0.1, -0.05) is 0 Å². The van der Waals surface area contributed by atoms with Crippen molar-refractivity contribution in [3.8, 4) is 0 Å². The molecular formula is C14H14F3NO2S. The van der Waals surface area contributed by atoms with Gasteiger partial charge in [-0.25, -0.2) is 0 Å². The lowest BCUT2D eigenvalue weighted by atomic mass is 10.2. The number of amides is 1. The molecule has 1 amide bonds. The van der Waals surface area contributed by atoms with Crippen molar-refractivity contribution in [2.24, 2.45) is 0 Å². The maximum Gasteiger partial charge on any atom is 0.406 e. The smallest absolute Gasteiger partial charge is 0.406 e. The average molecular weight is 317 g/mol. The lowest BCUT2D eigenvalue weighted by Crippen LogP contribution is -2.38. The van der Waals surface area contributed by atoms with Crippen molar-refractivity contribution in [2.45, 2.75) is 26.6 Å². The quantitative estimate of drug-likeness (QED) is 0.848. The number of alkyl halides is 3. The highest BCUT2D eigenvalue weighted by atomic mass is 32.1. The first-order valence-corrected chi connectivity index (χ1v) is 7.03. The lowest BCUT2D eigenvalue weighted by Gasteiger charge is -2.23. The van der Waals surface area contributed by atoms with Crippen LogP contribution in [0.25, 0.3) is 0 Å². The van der Waals surface area contributed by atoms with Crippen LogP contribution in [-0.2, 0) is 6.54 Å². The van der Waals surface area contributed by atoms with E-state index >= 15 is 0 Å². The summed E-state index contributed by atoms with van der Waals surface area (Å²) in [7, 11) is 0. The predicted molar refractivity (Wildman–Crippen MR) is 73.3 cm³/mol. The number of rotatable bonds is 4. The van der Waals surface area contributed by atoms with E-state index in [9.17, 15) is 18.0 Å². The summed E-state index contributed by atoms with van der Waals surface area (Å²) in [4.78, 5) is 14.7. The Kier molecular flexibility index (Phi) is 4.41. The van der Waals surface area contributed by atoms with Crippen molar-refractivity contribution in [1.82, 2.24) is 4.90 Å². The van der Waals surface area contributed by atoms with Crippen LogP contribution in [0.5, 0.6) is 0 Å². The average Bonchev–Trinajstić information content (AvgIpc) is 2.95. The van der Waals surface area contributed by atoms with E-state index in [4.69, 9.17) is 4.42 Å². The number of nitrogens with zero attached hydrogens (tertiary/aromatic N) is 1. The first-order chi connectivity index (χ1) is 9.76. The summed E-state index contributed by atoms with van der Waals surface area (Å²) in [5.74, 6) is -0.317. The first-order valence-electron chi connectivity index (χ1n) is 6.22. The van der Waals surface area contributed by atoms with Gasteiger partial charge in [0.2, 0.25) is 0 Å². The molecule has 2 aromatic heterocycles. The Morgan fingerprint density at radius 2 is 2.10 bits per heavy atom. The number of hydrogen-bond acceptors (Lipinski definition) is 3. The summed E-state index contributed by atoms with van der Waals surface area (Å²) in [6.07, 6.45) is -3.09. The van der Waals surface area contributed by atoms with Crippen LogP contribution in [0, 0.1) is 13.8 Å². The van der Waals surface area contributed by atoms with Crippen LogP contribution in [0.15, 0.2) is 28.9 Å². The standard InChI is InChI=1S/C14H14F3NO2S/c1-9-6-12(10(2)21-9)13(19)18(8-14(15,16)17)7-11-4-3-5-20-11/h3-6H,7-8H2,1-2H3. The molecule has 2 heterocycles. The monoisotopic (exact) mass is 317 g/mol. The largest absolute Gasteiger partial charge is 0.467 e. The molecule has 0 N–H and O–H groups in total. The highest BCUT2D eigenvalue weighted by Crippen LogP contribution is 2.25. The van der Waals surface area contributed by atoms with Crippen LogP contribution in [-0.4, -0.2) is 23.5 Å². The van der Waals surface area contributed by atoms with Gasteiger partial charge < -0.3 is 9.32 Å². The normalized spacial score (nSPS) is 11.7. The van der Waals surface area contributed by atoms with E-state index in [2.05, 4.69) is 0 Å². The van der Waals surface area contributed by atoms with Gasteiger partial charge in [0.25, 0.3) is 5.91 Å². The van der Waals surface area contributed by atoms with E-state index in [-0.39, 0.29) is 6.54 Å². The number of carbonyl (C=O) groups excluding carboxylic acids is 1. The fraction of sp³-hybridized carbons (Fsp3) is 0.357. The van der Waals surface area contributed by atoms with E-state index in [1.54, 1.807) is 25.1 Å². The van der Waals surface area contributed by atoms with Gasteiger partial charge in [-0.15, -0.1) is 11.3 Å². The number of halogens is 3. The third-order valence-corrected chi connectivity index (χ3v) is 3.82. The fourth-order valence-electron chi connectivity index (χ4n) is 2.02. The Morgan fingerprint density at radius 1 is 1.38 bits per heavy atom. The van der Waals surface area contributed by atoms with Gasteiger partial charge in [-0.05, 0) is 32.0 Å². The van der Waals surface area contributed by atoms with Crippen LogP contribution >= 0.6 is 11.3 Å².